The second-order valence-corrected chi connectivity index (χ2v) is 8.39. The number of hydrogen-bond acceptors (Lipinski definition) is 4. The van der Waals surface area contributed by atoms with Gasteiger partial charge in [-0.25, -0.2) is 8.42 Å². The Morgan fingerprint density at radius 2 is 1.71 bits per heavy atom. The van der Waals surface area contributed by atoms with Crippen molar-refractivity contribution in [3.05, 3.63) is 29.3 Å². The van der Waals surface area contributed by atoms with Gasteiger partial charge >= 0.3 is 0 Å². The average Bonchev–Trinajstić information content (AvgIpc) is 2.40. The van der Waals surface area contributed by atoms with E-state index >= 15 is 0 Å². The molecular weight excluding hydrogens is 326 g/mol. The first kappa shape index (κ1) is 20.4. The predicted octanol–water partition coefficient (Wildman–Crippen LogP) is 1.53. The zero-order chi connectivity index (χ0) is 18.5. The zero-order valence-electron chi connectivity index (χ0n) is 15.5. The molecular formula is C17H29N3O3S. The Labute approximate surface area is 145 Å². The monoisotopic (exact) mass is 355 g/mol. The Morgan fingerprint density at radius 1 is 1.17 bits per heavy atom. The SMILES string of the molecule is Cc1cc(C)cc(N(C(C)C(=O)NCCCN(C)C)S(C)(=O)=O)c1. The highest BCUT2D eigenvalue weighted by Crippen LogP contribution is 2.23. The van der Waals surface area contributed by atoms with E-state index in [2.05, 4.69) is 5.32 Å². The van der Waals surface area contributed by atoms with Crippen LogP contribution in [0.4, 0.5) is 5.69 Å². The van der Waals surface area contributed by atoms with Crippen molar-refractivity contribution in [1.29, 1.82) is 0 Å². The van der Waals surface area contributed by atoms with Gasteiger partial charge in [0.25, 0.3) is 0 Å². The minimum absolute atomic E-state index is 0.293. The minimum atomic E-state index is -3.58. The zero-order valence-corrected chi connectivity index (χ0v) is 16.3. The van der Waals surface area contributed by atoms with E-state index in [0.29, 0.717) is 12.2 Å². The van der Waals surface area contributed by atoms with E-state index in [1.807, 2.05) is 38.9 Å². The van der Waals surface area contributed by atoms with E-state index in [1.54, 1.807) is 19.1 Å². The Kier molecular flexibility index (Phi) is 7.23. The number of amides is 1. The van der Waals surface area contributed by atoms with Gasteiger partial charge in [0.05, 0.1) is 11.9 Å². The van der Waals surface area contributed by atoms with Gasteiger partial charge in [0.15, 0.2) is 0 Å². The molecule has 1 amide bonds. The molecule has 1 N–H and O–H groups in total. The number of nitrogens with one attached hydrogen (secondary N) is 1. The number of carbonyl (C=O) groups excluding carboxylic acids is 1. The lowest BCUT2D eigenvalue weighted by molar-refractivity contribution is -0.121. The fourth-order valence-electron chi connectivity index (χ4n) is 2.64. The van der Waals surface area contributed by atoms with Gasteiger partial charge in [-0.15, -0.1) is 0 Å². The molecule has 1 aromatic rings. The van der Waals surface area contributed by atoms with Crippen LogP contribution >= 0.6 is 0 Å². The second-order valence-electron chi connectivity index (χ2n) is 6.53. The predicted molar refractivity (Wildman–Crippen MR) is 98.9 cm³/mol. The number of sulfonamides is 1. The highest BCUT2D eigenvalue weighted by Gasteiger charge is 2.29. The number of nitrogens with zero attached hydrogens (tertiary/aromatic N) is 2. The number of benzene rings is 1. The fourth-order valence-corrected chi connectivity index (χ4v) is 3.80. The van der Waals surface area contributed by atoms with Gasteiger partial charge in [0.2, 0.25) is 15.9 Å². The quantitative estimate of drug-likeness (QED) is 0.718. The summed E-state index contributed by atoms with van der Waals surface area (Å²) in [5.41, 5.74) is 2.43. The van der Waals surface area contributed by atoms with E-state index < -0.39 is 16.1 Å². The normalized spacial score (nSPS) is 13.0. The molecule has 0 bridgehead atoms. The lowest BCUT2D eigenvalue weighted by atomic mass is 10.1. The molecule has 1 atom stereocenters. The average molecular weight is 356 g/mol. The third kappa shape index (κ3) is 6.13. The maximum Gasteiger partial charge on any atom is 0.243 e. The van der Waals surface area contributed by atoms with Gasteiger partial charge in [-0.1, -0.05) is 6.07 Å². The maximum atomic E-state index is 12.4. The van der Waals surface area contributed by atoms with Crippen LogP contribution < -0.4 is 9.62 Å². The molecule has 0 spiro atoms. The highest BCUT2D eigenvalue weighted by molar-refractivity contribution is 7.92. The Balaban J connectivity index is 2.94. The van der Waals surface area contributed by atoms with Crippen LogP contribution in [0.15, 0.2) is 18.2 Å². The Morgan fingerprint density at radius 3 is 2.17 bits per heavy atom. The lowest BCUT2D eigenvalue weighted by Crippen LogP contribution is -2.48. The molecule has 0 aromatic heterocycles. The van der Waals surface area contributed by atoms with E-state index in [1.165, 1.54) is 4.31 Å². The molecule has 24 heavy (non-hydrogen) atoms. The third-order valence-electron chi connectivity index (χ3n) is 3.63. The van der Waals surface area contributed by atoms with Crippen LogP contribution in [0.2, 0.25) is 0 Å². The smallest absolute Gasteiger partial charge is 0.243 e. The van der Waals surface area contributed by atoms with Gasteiger partial charge in [-0.2, -0.15) is 0 Å². The maximum absolute atomic E-state index is 12.4. The first-order chi connectivity index (χ1) is 11.0. The summed E-state index contributed by atoms with van der Waals surface area (Å²) in [5, 5.41) is 2.82. The summed E-state index contributed by atoms with van der Waals surface area (Å²) in [6, 6.07) is 4.73. The van der Waals surface area contributed by atoms with Crippen LogP contribution in [0.3, 0.4) is 0 Å². The first-order valence-electron chi connectivity index (χ1n) is 8.02. The molecule has 136 valence electrons. The van der Waals surface area contributed by atoms with Gasteiger partial charge in [0.1, 0.15) is 6.04 Å². The Hall–Kier alpha value is -1.60. The summed E-state index contributed by atoms with van der Waals surface area (Å²) >= 11 is 0. The molecule has 6 nitrogen and oxygen atoms in total. The van der Waals surface area contributed by atoms with Crippen LogP contribution in [-0.4, -0.2) is 58.7 Å². The molecule has 0 fully saturated rings. The van der Waals surface area contributed by atoms with Gasteiger partial charge in [-0.3, -0.25) is 9.10 Å². The fraction of sp³-hybridized carbons (Fsp3) is 0.588. The summed E-state index contributed by atoms with van der Waals surface area (Å²) < 4.78 is 25.7. The molecule has 0 aliphatic heterocycles. The molecule has 1 unspecified atom stereocenters. The van der Waals surface area contributed by atoms with Crippen molar-refractivity contribution in [2.75, 3.05) is 37.7 Å². The van der Waals surface area contributed by atoms with Crippen molar-refractivity contribution in [3.8, 4) is 0 Å². The number of rotatable bonds is 8. The van der Waals surface area contributed by atoms with Gasteiger partial charge in [-0.05, 0) is 71.1 Å². The summed E-state index contributed by atoms with van der Waals surface area (Å²) in [6.45, 7) is 6.80. The number of anilines is 1. The molecule has 1 aromatic carbocycles. The van der Waals surface area contributed by atoms with E-state index in [4.69, 9.17) is 0 Å². The summed E-state index contributed by atoms with van der Waals surface area (Å²) in [5.74, 6) is -0.293. The molecule has 7 heteroatoms. The summed E-state index contributed by atoms with van der Waals surface area (Å²) in [4.78, 5) is 14.4. The largest absolute Gasteiger partial charge is 0.354 e. The highest BCUT2D eigenvalue weighted by atomic mass is 32.2. The van der Waals surface area contributed by atoms with Crippen molar-refractivity contribution in [3.63, 3.8) is 0 Å². The number of aryl methyl sites for hydroxylation is 2. The molecule has 0 heterocycles. The van der Waals surface area contributed by atoms with E-state index in [9.17, 15) is 13.2 Å². The van der Waals surface area contributed by atoms with E-state index in [0.717, 1.165) is 30.3 Å². The summed E-state index contributed by atoms with van der Waals surface area (Å²) in [7, 11) is 0.361. The van der Waals surface area contributed by atoms with Crippen molar-refractivity contribution >= 4 is 21.6 Å². The molecule has 0 aliphatic carbocycles. The molecule has 1 rings (SSSR count). The molecule has 0 saturated carbocycles. The first-order valence-corrected chi connectivity index (χ1v) is 9.87. The summed E-state index contributed by atoms with van der Waals surface area (Å²) in [6.07, 6.45) is 1.94. The van der Waals surface area contributed by atoms with Crippen molar-refractivity contribution < 1.29 is 13.2 Å². The number of carbonyl (C=O) groups is 1. The van der Waals surface area contributed by atoms with E-state index in [-0.39, 0.29) is 5.91 Å². The van der Waals surface area contributed by atoms with Gasteiger partial charge < -0.3 is 10.2 Å². The minimum Gasteiger partial charge on any atom is -0.354 e. The molecule has 0 saturated heterocycles. The topological polar surface area (TPSA) is 69.7 Å². The van der Waals surface area contributed by atoms with Crippen LogP contribution in [0.5, 0.6) is 0 Å². The molecule has 0 radical (unpaired) electrons. The van der Waals surface area contributed by atoms with Crippen LogP contribution in [0.25, 0.3) is 0 Å². The van der Waals surface area contributed by atoms with Crippen LogP contribution in [0, 0.1) is 13.8 Å². The van der Waals surface area contributed by atoms with Crippen molar-refractivity contribution in [2.24, 2.45) is 0 Å². The lowest BCUT2D eigenvalue weighted by Gasteiger charge is -2.29. The Bertz CT molecular complexity index is 651. The third-order valence-corrected chi connectivity index (χ3v) is 4.87. The van der Waals surface area contributed by atoms with Crippen molar-refractivity contribution in [1.82, 2.24) is 10.2 Å². The standard InChI is InChI=1S/C17H29N3O3S/c1-13-10-14(2)12-16(11-13)20(24(6,22)23)15(3)17(21)18-8-7-9-19(4)5/h10-12,15H,7-9H2,1-6H3,(H,18,21). The number of hydrogen-bond donors (Lipinski definition) is 1. The van der Waals surface area contributed by atoms with Crippen LogP contribution in [0.1, 0.15) is 24.5 Å². The van der Waals surface area contributed by atoms with Gasteiger partial charge in [0, 0.05) is 6.54 Å². The molecule has 0 aliphatic rings. The van der Waals surface area contributed by atoms with Crippen LogP contribution in [-0.2, 0) is 14.8 Å². The second kappa shape index (κ2) is 8.48. The van der Waals surface area contributed by atoms with Crippen molar-refractivity contribution in [2.45, 2.75) is 33.2 Å².